The van der Waals surface area contributed by atoms with Gasteiger partial charge >= 0.3 is 0 Å². The first-order valence-electron chi connectivity index (χ1n) is 7.96. The fourth-order valence-electron chi connectivity index (χ4n) is 3.04. The van der Waals surface area contributed by atoms with Crippen molar-refractivity contribution >= 4 is 0 Å². The van der Waals surface area contributed by atoms with Crippen LogP contribution in [-0.2, 0) is 12.8 Å². The zero-order chi connectivity index (χ0) is 15.5. The molecule has 0 N–H and O–H groups in total. The smallest absolute Gasteiger partial charge is 0.0991 e. The summed E-state index contributed by atoms with van der Waals surface area (Å²) in [4.78, 5) is 2.54. The van der Waals surface area contributed by atoms with Crippen LogP contribution in [0.15, 0.2) is 30.5 Å². The molecule has 1 aliphatic heterocycles. The SMILES string of the molecule is CC(C)CN1CCc2cn(-c3ccc(C#N)cc3)nc2CC1. The van der Waals surface area contributed by atoms with Gasteiger partial charge < -0.3 is 4.90 Å². The minimum absolute atomic E-state index is 0.682. The van der Waals surface area contributed by atoms with Crippen molar-refractivity contribution in [2.24, 2.45) is 5.92 Å². The van der Waals surface area contributed by atoms with Crippen LogP contribution in [0.1, 0.15) is 30.7 Å². The molecule has 2 aromatic rings. The van der Waals surface area contributed by atoms with Crippen molar-refractivity contribution in [1.82, 2.24) is 14.7 Å². The molecule has 0 spiro atoms. The number of aromatic nitrogens is 2. The molecule has 22 heavy (non-hydrogen) atoms. The van der Waals surface area contributed by atoms with Gasteiger partial charge in [0.2, 0.25) is 0 Å². The number of nitrogens with zero attached hydrogens (tertiary/aromatic N) is 4. The van der Waals surface area contributed by atoms with Crippen LogP contribution in [0.2, 0.25) is 0 Å². The Kier molecular flexibility index (Phi) is 4.26. The Bertz CT molecular complexity index is 651. The fraction of sp³-hybridized carbons (Fsp3) is 0.444. The summed E-state index contributed by atoms with van der Waals surface area (Å²) in [5.41, 5.74) is 4.28. The van der Waals surface area contributed by atoms with E-state index in [0.717, 1.165) is 31.6 Å². The summed E-state index contributed by atoms with van der Waals surface area (Å²) in [5, 5.41) is 13.6. The van der Waals surface area contributed by atoms with Crippen LogP contribution < -0.4 is 0 Å². The normalized spacial score (nSPS) is 15.4. The van der Waals surface area contributed by atoms with Crippen LogP contribution in [0.5, 0.6) is 0 Å². The Balaban J connectivity index is 1.76. The van der Waals surface area contributed by atoms with E-state index in [9.17, 15) is 0 Å². The molecule has 3 rings (SSSR count). The van der Waals surface area contributed by atoms with Gasteiger partial charge in [-0.05, 0) is 42.2 Å². The average Bonchev–Trinajstić information content (AvgIpc) is 2.84. The molecular formula is C18H22N4. The Labute approximate surface area is 132 Å². The van der Waals surface area contributed by atoms with Crippen molar-refractivity contribution in [2.75, 3.05) is 19.6 Å². The molecule has 1 aromatic carbocycles. The van der Waals surface area contributed by atoms with E-state index in [1.165, 1.54) is 17.8 Å². The molecule has 0 saturated heterocycles. The molecule has 4 heteroatoms. The van der Waals surface area contributed by atoms with Gasteiger partial charge in [0.05, 0.1) is 23.0 Å². The zero-order valence-corrected chi connectivity index (χ0v) is 13.3. The molecule has 0 amide bonds. The van der Waals surface area contributed by atoms with E-state index in [1.54, 1.807) is 0 Å². The summed E-state index contributed by atoms with van der Waals surface area (Å²) in [7, 11) is 0. The van der Waals surface area contributed by atoms with Crippen molar-refractivity contribution in [3.63, 3.8) is 0 Å². The van der Waals surface area contributed by atoms with Gasteiger partial charge in [0.15, 0.2) is 0 Å². The quantitative estimate of drug-likeness (QED) is 0.874. The van der Waals surface area contributed by atoms with E-state index in [0.29, 0.717) is 11.5 Å². The second-order valence-electron chi connectivity index (χ2n) is 6.40. The van der Waals surface area contributed by atoms with Gasteiger partial charge in [-0.15, -0.1) is 0 Å². The third-order valence-corrected chi connectivity index (χ3v) is 4.12. The summed E-state index contributed by atoms with van der Waals surface area (Å²) >= 11 is 0. The molecule has 0 fully saturated rings. The third-order valence-electron chi connectivity index (χ3n) is 4.12. The van der Waals surface area contributed by atoms with Crippen molar-refractivity contribution < 1.29 is 0 Å². The van der Waals surface area contributed by atoms with E-state index in [2.05, 4.69) is 31.0 Å². The van der Waals surface area contributed by atoms with E-state index in [-0.39, 0.29) is 0 Å². The predicted molar refractivity (Wildman–Crippen MR) is 87.0 cm³/mol. The second-order valence-corrected chi connectivity index (χ2v) is 6.40. The maximum absolute atomic E-state index is 8.87. The Morgan fingerprint density at radius 3 is 2.59 bits per heavy atom. The van der Waals surface area contributed by atoms with Crippen LogP contribution in [0.4, 0.5) is 0 Å². The summed E-state index contributed by atoms with van der Waals surface area (Å²) in [6.07, 6.45) is 4.24. The zero-order valence-electron chi connectivity index (χ0n) is 13.3. The van der Waals surface area contributed by atoms with E-state index < -0.39 is 0 Å². The molecular weight excluding hydrogens is 272 g/mol. The van der Waals surface area contributed by atoms with Gasteiger partial charge in [0, 0.05) is 32.3 Å². The maximum atomic E-state index is 8.87. The van der Waals surface area contributed by atoms with Gasteiger partial charge in [-0.1, -0.05) is 13.8 Å². The van der Waals surface area contributed by atoms with Crippen LogP contribution in [-0.4, -0.2) is 34.3 Å². The predicted octanol–water partition coefficient (Wildman–Crippen LogP) is 2.80. The van der Waals surface area contributed by atoms with Crippen molar-refractivity contribution in [2.45, 2.75) is 26.7 Å². The molecule has 0 atom stereocenters. The first-order chi connectivity index (χ1) is 10.7. The number of hydrogen-bond donors (Lipinski definition) is 0. The van der Waals surface area contributed by atoms with Gasteiger partial charge in [-0.25, -0.2) is 4.68 Å². The second kappa shape index (κ2) is 6.33. The summed E-state index contributed by atoms with van der Waals surface area (Å²) in [6.45, 7) is 7.92. The summed E-state index contributed by atoms with van der Waals surface area (Å²) in [5.74, 6) is 0.712. The molecule has 0 bridgehead atoms. The maximum Gasteiger partial charge on any atom is 0.0991 e. The monoisotopic (exact) mass is 294 g/mol. The van der Waals surface area contributed by atoms with Crippen LogP contribution in [0, 0.1) is 17.2 Å². The molecule has 0 unspecified atom stereocenters. The van der Waals surface area contributed by atoms with E-state index >= 15 is 0 Å². The minimum Gasteiger partial charge on any atom is -0.302 e. The number of rotatable bonds is 3. The van der Waals surface area contributed by atoms with Gasteiger partial charge in [0.25, 0.3) is 0 Å². The Morgan fingerprint density at radius 2 is 1.91 bits per heavy atom. The lowest BCUT2D eigenvalue weighted by Crippen LogP contribution is -2.30. The van der Waals surface area contributed by atoms with Crippen molar-refractivity contribution in [1.29, 1.82) is 5.26 Å². The van der Waals surface area contributed by atoms with Gasteiger partial charge in [0.1, 0.15) is 0 Å². The average molecular weight is 294 g/mol. The first kappa shape index (κ1) is 14.8. The highest BCUT2D eigenvalue weighted by atomic mass is 15.3. The highest BCUT2D eigenvalue weighted by Crippen LogP contribution is 2.18. The third kappa shape index (κ3) is 3.20. The highest BCUT2D eigenvalue weighted by Gasteiger charge is 2.18. The molecule has 2 heterocycles. The van der Waals surface area contributed by atoms with Crippen LogP contribution in [0.25, 0.3) is 5.69 Å². The van der Waals surface area contributed by atoms with Gasteiger partial charge in [-0.2, -0.15) is 10.4 Å². The number of benzene rings is 1. The summed E-state index contributed by atoms with van der Waals surface area (Å²) < 4.78 is 1.95. The Hall–Kier alpha value is -2.12. The number of hydrogen-bond acceptors (Lipinski definition) is 3. The van der Waals surface area contributed by atoms with Gasteiger partial charge in [-0.3, -0.25) is 0 Å². The lowest BCUT2D eigenvalue weighted by atomic mass is 10.2. The van der Waals surface area contributed by atoms with Crippen LogP contribution in [0.3, 0.4) is 0 Å². The Morgan fingerprint density at radius 1 is 1.18 bits per heavy atom. The van der Waals surface area contributed by atoms with Crippen molar-refractivity contribution in [3.8, 4) is 11.8 Å². The molecule has 1 aromatic heterocycles. The highest BCUT2D eigenvalue weighted by molar-refractivity contribution is 5.39. The lowest BCUT2D eigenvalue weighted by Gasteiger charge is -2.21. The minimum atomic E-state index is 0.682. The summed E-state index contributed by atoms with van der Waals surface area (Å²) in [6, 6.07) is 9.74. The molecule has 4 nitrogen and oxygen atoms in total. The lowest BCUT2D eigenvalue weighted by molar-refractivity contribution is 0.255. The molecule has 114 valence electrons. The molecule has 0 saturated carbocycles. The first-order valence-corrected chi connectivity index (χ1v) is 7.96. The van der Waals surface area contributed by atoms with E-state index in [1.807, 2.05) is 28.9 Å². The number of nitriles is 1. The standard InChI is InChI=1S/C18H22N4/c1-14(2)12-21-9-7-16-13-22(20-18(16)8-10-21)17-5-3-15(11-19)4-6-17/h3-6,13-14H,7-10,12H2,1-2H3. The molecule has 0 radical (unpaired) electrons. The van der Waals surface area contributed by atoms with Crippen LogP contribution >= 0.6 is 0 Å². The van der Waals surface area contributed by atoms with Crippen molar-refractivity contribution in [3.05, 3.63) is 47.3 Å². The molecule has 1 aliphatic rings. The number of fused-ring (bicyclic) bond motifs is 1. The largest absolute Gasteiger partial charge is 0.302 e. The van der Waals surface area contributed by atoms with E-state index in [4.69, 9.17) is 10.4 Å². The topological polar surface area (TPSA) is 44.9 Å². The fourth-order valence-corrected chi connectivity index (χ4v) is 3.04. The molecule has 0 aliphatic carbocycles.